The van der Waals surface area contributed by atoms with Crippen LogP contribution >= 0.6 is 0 Å². The molecule has 1 N–H and O–H groups in total. The molecule has 1 heterocycles. The van der Waals surface area contributed by atoms with Crippen LogP contribution in [-0.4, -0.2) is 18.9 Å². The van der Waals surface area contributed by atoms with Crippen molar-refractivity contribution in [2.45, 2.75) is 19.3 Å². The minimum atomic E-state index is 0.444. The summed E-state index contributed by atoms with van der Waals surface area (Å²) in [4.78, 5) is 10.9. The summed E-state index contributed by atoms with van der Waals surface area (Å²) in [5.41, 5.74) is 1.49. The molecule has 2 fully saturated rings. The highest BCUT2D eigenvalue weighted by molar-refractivity contribution is 5.80. The first kappa shape index (κ1) is 7.04. The SMILES string of the molecule is O=C1CCC(C=C2CNC2)C1. The topological polar surface area (TPSA) is 29.1 Å². The molecule has 2 nitrogen and oxygen atoms in total. The van der Waals surface area contributed by atoms with Crippen LogP contribution in [-0.2, 0) is 4.79 Å². The van der Waals surface area contributed by atoms with Gasteiger partial charge in [0.25, 0.3) is 0 Å². The Hall–Kier alpha value is -0.630. The highest BCUT2D eigenvalue weighted by Crippen LogP contribution is 2.24. The molecule has 2 rings (SSSR count). The lowest BCUT2D eigenvalue weighted by Gasteiger charge is -2.19. The van der Waals surface area contributed by atoms with E-state index in [4.69, 9.17) is 0 Å². The number of nitrogens with one attached hydrogen (secondary N) is 1. The van der Waals surface area contributed by atoms with Crippen molar-refractivity contribution in [2.75, 3.05) is 13.1 Å². The van der Waals surface area contributed by atoms with Crippen molar-refractivity contribution in [1.82, 2.24) is 5.32 Å². The summed E-state index contributed by atoms with van der Waals surface area (Å²) >= 11 is 0. The third-order valence-corrected chi connectivity index (χ3v) is 2.46. The van der Waals surface area contributed by atoms with Crippen LogP contribution in [0.5, 0.6) is 0 Å². The molecule has 1 saturated heterocycles. The number of allylic oxidation sites excluding steroid dienone is 1. The molecule has 0 aromatic carbocycles. The second kappa shape index (κ2) is 2.78. The van der Waals surface area contributed by atoms with Gasteiger partial charge in [0.2, 0.25) is 0 Å². The number of hydrogen-bond acceptors (Lipinski definition) is 2. The van der Waals surface area contributed by atoms with Gasteiger partial charge in [0.15, 0.2) is 0 Å². The van der Waals surface area contributed by atoms with Gasteiger partial charge in [0.1, 0.15) is 5.78 Å². The molecule has 11 heavy (non-hydrogen) atoms. The zero-order chi connectivity index (χ0) is 7.68. The zero-order valence-corrected chi connectivity index (χ0v) is 6.60. The average molecular weight is 151 g/mol. The van der Waals surface area contributed by atoms with Crippen LogP contribution in [0, 0.1) is 5.92 Å². The first-order valence-electron chi connectivity index (χ1n) is 4.26. The summed E-state index contributed by atoms with van der Waals surface area (Å²) in [6, 6.07) is 0. The van der Waals surface area contributed by atoms with Gasteiger partial charge in [-0.1, -0.05) is 6.08 Å². The van der Waals surface area contributed by atoms with Crippen LogP contribution in [0.25, 0.3) is 0 Å². The lowest BCUT2D eigenvalue weighted by molar-refractivity contribution is -0.117. The molecule has 0 amide bonds. The molecule has 1 aliphatic heterocycles. The van der Waals surface area contributed by atoms with Gasteiger partial charge in [-0.3, -0.25) is 4.79 Å². The summed E-state index contributed by atoms with van der Waals surface area (Å²) in [7, 11) is 0. The third kappa shape index (κ3) is 1.51. The van der Waals surface area contributed by atoms with E-state index in [1.165, 1.54) is 5.57 Å². The van der Waals surface area contributed by atoms with E-state index >= 15 is 0 Å². The Labute approximate surface area is 66.7 Å². The molecule has 2 heteroatoms. The van der Waals surface area contributed by atoms with Crippen LogP contribution in [0.3, 0.4) is 0 Å². The van der Waals surface area contributed by atoms with E-state index in [2.05, 4.69) is 11.4 Å². The van der Waals surface area contributed by atoms with E-state index in [0.29, 0.717) is 11.7 Å². The molecule has 0 aromatic heterocycles. The van der Waals surface area contributed by atoms with Gasteiger partial charge < -0.3 is 5.32 Å². The second-order valence-corrected chi connectivity index (χ2v) is 3.47. The molecule has 2 aliphatic rings. The smallest absolute Gasteiger partial charge is 0.133 e. The quantitative estimate of drug-likeness (QED) is 0.564. The molecular weight excluding hydrogens is 138 g/mol. The lowest BCUT2D eigenvalue weighted by atomic mass is 10.0. The average Bonchev–Trinajstić information content (AvgIpc) is 2.27. The Morgan fingerprint density at radius 1 is 1.45 bits per heavy atom. The molecular formula is C9H13NO. The van der Waals surface area contributed by atoms with Gasteiger partial charge in [0, 0.05) is 25.9 Å². The summed E-state index contributed by atoms with van der Waals surface area (Å²) in [5, 5.41) is 3.19. The van der Waals surface area contributed by atoms with E-state index in [0.717, 1.165) is 32.4 Å². The normalized spacial score (nSPS) is 30.4. The number of rotatable bonds is 1. The van der Waals surface area contributed by atoms with Crippen LogP contribution in [0.15, 0.2) is 11.6 Å². The summed E-state index contributed by atoms with van der Waals surface area (Å²) < 4.78 is 0. The van der Waals surface area contributed by atoms with Gasteiger partial charge in [-0.15, -0.1) is 0 Å². The maximum Gasteiger partial charge on any atom is 0.133 e. The van der Waals surface area contributed by atoms with E-state index in [1.54, 1.807) is 0 Å². The Balaban J connectivity index is 1.91. The molecule has 1 saturated carbocycles. The van der Waals surface area contributed by atoms with Gasteiger partial charge in [0.05, 0.1) is 0 Å². The largest absolute Gasteiger partial charge is 0.309 e. The standard InChI is InChI=1S/C9H13NO/c11-9-2-1-7(4-9)3-8-5-10-6-8/h3,7,10H,1-2,4-6H2. The molecule has 1 unspecified atom stereocenters. The monoisotopic (exact) mass is 151 g/mol. The number of carbonyl (C=O) groups excluding carboxylic acids is 1. The Kier molecular flexibility index (Phi) is 1.78. The van der Waals surface area contributed by atoms with E-state index in [1.807, 2.05) is 0 Å². The predicted octanol–water partition coefficient (Wildman–Crippen LogP) is 0.885. The first-order valence-corrected chi connectivity index (χ1v) is 4.26. The number of ketones is 1. The predicted molar refractivity (Wildman–Crippen MR) is 43.3 cm³/mol. The first-order chi connectivity index (χ1) is 5.34. The number of carbonyl (C=O) groups is 1. The molecule has 0 spiro atoms. The van der Waals surface area contributed by atoms with Crippen molar-refractivity contribution in [3.63, 3.8) is 0 Å². The van der Waals surface area contributed by atoms with Gasteiger partial charge in [-0.2, -0.15) is 0 Å². The van der Waals surface area contributed by atoms with E-state index in [-0.39, 0.29) is 0 Å². The molecule has 60 valence electrons. The molecule has 1 atom stereocenters. The Morgan fingerprint density at radius 3 is 2.73 bits per heavy atom. The Morgan fingerprint density at radius 2 is 2.27 bits per heavy atom. The fourth-order valence-electron chi connectivity index (χ4n) is 1.71. The van der Waals surface area contributed by atoms with Crippen molar-refractivity contribution in [1.29, 1.82) is 0 Å². The van der Waals surface area contributed by atoms with Gasteiger partial charge >= 0.3 is 0 Å². The van der Waals surface area contributed by atoms with Crippen LogP contribution in [0.1, 0.15) is 19.3 Å². The van der Waals surface area contributed by atoms with E-state index in [9.17, 15) is 4.79 Å². The third-order valence-electron chi connectivity index (χ3n) is 2.46. The molecule has 0 bridgehead atoms. The second-order valence-electron chi connectivity index (χ2n) is 3.47. The number of hydrogen-bond donors (Lipinski definition) is 1. The summed E-state index contributed by atoms with van der Waals surface area (Å²) in [5.74, 6) is 1.01. The molecule has 0 aromatic rings. The summed E-state index contributed by atoms with van der Waals surface area (Å²) in [6.07, 6.45) is 4.98. The van der Waals surface area contributed by atoms with Crippen molar-refractivity contribution >= 4 is 5.78 Å². The minimum Gasteiger partial charge on any atom is -0.309 e. The zero-order valence-electron chi connectivity index (χ0n) is 6.60. The maximum atomic E-state index is 10.9. The Bertz CT molecular complexity index is 202. The minimum absolute atomic E-state index is 0.444. The number of Topliss-reactive ketones (excluding diaryl/α,β-unsaturated/α-hetero) is 1. The van der Waals surface area contributed by atoms with Crippen molar-refractivity contribution in [3.05, 3.63) is 11.6 Å². The summed E-state index contributed by atoms with van der Waals surface area (Å²) in [6.45, 7) is 2.09. The lowest BCUT2D eigenvalue weighted by Crippen LogP contribution is -2.34. The van der Waals surface area contributed by atoms with Crippen molar-refractivity contribution in [3.8, 4) is 0 Å². The fourth-order valence-corrected chi connectivity index (χ4v) is 1.71. The maximum absolute atomic E-state index is 10.9. The highest BCUT2D eigenvalue weighted by Gasteiger charge is 2.21. The van der Waals surface area contributed by atoms with Crippen molar-refractivity contribution < 1.29 is 4.79 Å². The van der Waals surface area contributed by atoms with Crippen LogP contribution in [0.4, 0.5) is 0 Å². The van der Waals surface area contributed by atoms with Crippen LogP contribution in [0.2, 0.25) is 0 Å². The van der Waals surface area contributed by atoms with Crippen LogP contribution < -0.4 is 5.32 Å². The molecule has 1 aliphatic carbocycles. The van der Waals surface area contributed by atoms with Crippen molar-refractivity contribution in [2.24, 2.45) is 5.92 Å². The fraction of sp³-hybridized carbons (Fsp3) is 0.667. The molecule has 0 radical (unpaired) electrons. The van der Waals surface area contributed by atoms with Gasteiger partial charge in [-0.05, 0) is 17.9 Å². The van der Waals surface area contributed by atoms with E-state index < -0.39 is 0 Å². The van der Waals surface area contributed by atoms with Gasteiger partial charge in [-0.25, -0.2) is 0 Å². The highest BCUT2D eigenvalue weighted by atomic mass is 16.1.